The van der Waals surface area contributed by atoms with Crippen LogP contribution in [0.5, 0.6) is 5.75 Å². The van der Waals surface area contributed by atoms with E-state index in [-0.39, 0.29) is 36.4 Å². The average Bonchev–Trinajstić information content (AvgIpc) is 3.16. The van der Waals surface area contributed by atoms with Crippen LogP contribution < -0.4 is 15.4 Å². The van der Waals surface area contributed by atoms with E-state index in [4.69, 9.17) is 14.2 Å². The molecule has 1 aromatic carbocycles. The number of nitrogens with one attached hydrogen (secondary N) is 2. The van der Waals surface area contributed by atoms with Gasteiger partial charge < -0.3 is 24.8 Å². The smallest absolute Gasteiger partial charge is 0.351 e. The predicted molar refractivity (Wildman–Crippen MR) is 154 cm³/mol. The normalized spacial score (nSPS) is 16.3. The number of thiophene rings is 1. The first-order valence-electron chi connectivity index (χ1n) is 13.5. The third kappa shape index (κ3) is 8.46. The molecule has 0 spiro atoms. The molecular formula is C30H42N2O6S. The number of methoxy groups -OCH3 is 1. The molecule has 1 saturated carbocycles. The highest BCUT2D eigenvalue weighted by Gasteiger charge is 2.38. The summed E-state index contributed by atoms with van der Waals surface area (Å²) < 4.78 is 15.7. The molecule has 3 rings (SSSR count). The van der Waals surface area contributed by atoms with Crippen molar-refractivity contribution in [3.8, 4) is 16.2 Å². The SMILES string of the molecule is CCOC(=O)CCNC(=O)COc1c(C(=O)OC)sc(-c2cccc(NC3CC(C)(C)CC(C)(C)C3)c2)c1C. The zero-order chi connectivity index (χ0) is 28.8. The van der Waals surface area contributed by atoms with E-state index >= 15 is 0 Å². The Morgan fingerprint density at radius 3 is 2.44 bits per heavy atom. The Morgan fingerprint density at radius 2 is 1.79 bits per heavy atom. The summed E-state index contributed by atoms with van der Waals surface area (Å²) in [7, 11) is 1.32. The van der Waals surface area contributed by atoms with Crippen molar-refractivity contribution in [3.63, 3.8) is 0 Å². The highest BCUT2D eigenvalue weighted by Crippen LogP contribution is 2.47. The van der Waals surface area contributed by atoms with Gasteiger partial charge in [0.1, 0.15) is 5.75 Å². The molecule has 0 saturated heterocycles. The molecule has 0 atom stereocenters. The van der Waals surface area contributed by atoms with E-state index in [0.717, 1.165) is 34.5 Å². The maximum absolute atomic E-state index is 12.6. The van der Waals surface area contributed by atoms with E-state index in [0.29, 0.717) is 23.3 Å². The molecule has 0 radical (unpaired) electrons. The number of hydrogen-bond acceptors (Lipinski definition) is 8. The highest BCUT2D eigenvalue weighted by atomic mass is 32.1. The molecule has 8 nitrogen and oxygen atoms in total. The van der Waals surface area contributed by atoms with Crippen LogP contribution in [0.25, 0.3) is 10.4 Å². The van der Waals surface area contributed by atoms with Gasteiger partial charge in [-0.1, -0.05) is 39.8 Å². The van der Waals surface area contributed by atoms with Crippen molar-refractivity contribution in [1.82, 2.24) is 5.32 Å². The molecule has 2 aromatic rings. The molecule has 39 heavy (non-hydrogen) atoms. The number of anilines is 1. The molecule has 0 unspecified atom stereocenters. The number of esters is 2. The molecule has 1 amide bonds. The molecule has 0 bridgehead atoms. The summed E-state index contributed by atoms with van der Waals surface area (Å²) >= 11 is 1.28. The molecule has 2 N–H and O–H groups in total. The van der Waals surface area contributed by atoms with E-state index in [1.807, 2.05) is 19.1 Å². The van der Waals surface area contributed by atoms with Crippen molar-refractivity contribution in [3.05, 3.63) is 34.7 Å². The number of hydrogen-bond donors (Lipinski definition) is 2. The van der Waals surface area contributed by atoms with Crippen molar-refractivity contribution >= 4 is 34.9 Å². The maximum atomic E-state index is 12.6. The Hall–Kier alpha value is -3.07. The number of amides is 1. The Labute approximate surface area is 235 Å². The van der Waals surface area contributed by atoms with Gasteiger partial charge in [0.15, 0.2) is 11.5 Å². The van der Waals surface area contributed by atoms with Crippen LogP contribution in [0, 0.1) is 17.8 Å². The molecule has 1 aliphatic rings. The third-order valence-corrected chi connectivity index (χ3v) is 8.12. The lowest BCUT2D eigenvalue weighted by Crippen LogP contribution is -2.40. The number of benzene rings is 1. The largest absolute Gasteiger partial charge is 0.482 e. The van der Waals surface area contributed by atoms with Gasteiger partial charge in [-0.2, -0.15) is 0 Å². The topological polar surface area (TPSA) is 103 Å². The van der Waals surface area contributed by atoms with Gasteiger partial charge in [-0.3, -0.25) is 9.59 Å². The lowest BCUT2D eigenvalue weighted by Gasteiger charge is -2.45. The molecule has 9 heteroatoms. The predicted octanol–water partition coefficient (Wildman–Crippen LogP) is 5.98. The molecule has 0 aliphatic heterocycles. The van der Waals surface area contributed by atoms with Gasteiger partial charge in [-0.15, -0.1) is 11.3 Å². The zero-order valence-corrected chi connectivity index (χ0v) is 25.0. The van der Waals surface area contributed by atoms with Gasteiger partial charge in [0.05, 0.1) is 20.1 Å². The molecular weight excluding hydrogens is 516 g/mol. The Morgan fingerprint density at radius 1 is 1.10 bits per heavy atom. The van der Waals surface area contributed by atoms with E-state index in [9.17, 15) is 14.4 Å². The summed E-state index contributed by atoms with van der Waals surface area (Å²) in [5, 5.41) is 6.38. The highest BCUT2D eigenvalue weighted by molar-refractivity contribution is 7.18. The van der Waals surface area contributed by atoms with Gasteiger partial charge in [0.2, 0.25) is 0 Å². The standard InChI is InChI=1S/C30H42N2O6S/c1-8-37-24(34)12-13-31-23(33)17-38-25-19(2)26(39-27(25)28(35)36-7)20-10-9-11-21(14-20)32-22-15-29(3,4)18-30(5,6)16-22/h9-11,14,22,32H,8,12-13,15-18H2,1-7H3,(H,31,33). The lowest BCUT2D eigenvalue weighted by molar-refractivity contribution is -0.143. The van der Waals surface area contributed by atoms with Crippen LogP contribution in [0.2, 0.25) is 0 Å². The second-order valence-electron chi connectivity index (χ2n) is 11.7. The van der Waals surface area contributed by atoms with Crippen LogP contribution in [0.1, 0.15) is 75.5 Å². The van der Waals surface area contributed by atoms with Gasteiger partial charge in [-0.05, 0) is 61.6 Å². The summed E-state index contributed by atoms with van der Waals surface area (Å²) in [6, 6.07) is 8.55. The van der Waals surface area contributed by atoms with Crippen molar-refractivity contribution in [2.75, 3.05) is 32.2 Å². The fourth-order valence-electron chi connectivity index (χ4n) is 5.83. The molecule has 1 heterocycles. The van der Waals surface area contributed by atoms with Crippen LogP contribution in [0.15, 0.2) is 24.3 Å². The van der Waals surface area contributed by atoms with Crippen LogP contribution >= 0.6 is 11.3 Å². The number of ether oxygens (including phenoxy) is 3. The second kappa shape index (κ2) is 12.9. The minimum atomic E-state index is -0.520. The van der Waals surface area contributed by atoms with Crippen LogP contribution in [-0.2, 0) is 19.1 Å². The maximum Gasteiger partial charge on any atom is 0.351 e. The number of carbonyl (C=O) groups is 3. The zero-order valence-electron chi connectivity index (χ0n) is 24.2. The minimum absolute atomic E-state index is 0.0782. The second-order valence-corrected chi connectivity index (χ2v) is 12.8. The summed E-state index contributed by atoms with van der Waals surface area (Å²) in [5.41, 5.74) is 3.29. The first-order chi connectivity index (χ1) is 18.3. The number of rotatable bonds is 11. The summed E-state index contributed by atoms with van der Waals surface area (Å²) in [5.74, 6) is -0.964. The van der Waals surface area contributed by atoms with E-state index in [2.05, 4.69) is 50.5 Å². The summed E-state index contributed by atoms with van der Waals surface area (Å²) in [6.07, 6.45) is 3.49. The summed E-state index contributed by atoms with van der Waals surface area (Å²) in [6.45, 7) is 13.1. The quantitative estimate of drug-likeness (QED) is 0.327. The van der Waals surface area contributed by atoms with E-state index < -0.39 is 11.9 Å². The fourth-order valence-corrected chi connectivity index (χ4v) is 7.00. The molecule has 1 aliphatic carbocycles. The van der Waals surface area contributed by atoms with Crippen molar-refractivity contribution in [2.24, 2.45) is 10.8 Å². The Kier molecular flexibility index (Phi) is 10.0. The lowest BCUT2D eigenvalue weighted by atomic mass is 9.63. The van der Waals surface area contributed by atoms with Crippen molar-refractivity contribution in [2.45, 2.75) is 73.3 Å². The Balaban J connectivity index is 1.76. The van der Waals surface area contributed by atoms with Gasteiger partial charge in [0, 0.05) is 28.7 Å². The van der Waals surface area contributed by atoms with Crippen molar-refractivity contribution < 1.29 is 28.6 Å². The van der Waals surface area contributed by atoms with Crippen LogP contribution in [-0.4, -0.2) is 50.8 Å². The molecule has 214 valence electrons. The van der Waals surface area contributed by atoms with Crippen LogP contribution in [0.3, 0.4) is 0 Å². The Bertz CT molecular complexity index is 1170. The first kappa shape index (κ1) is 30.5. The van der Waals surface area contributed by atoms with Gasteiger partial charge >= 0.3 is 11.9 Å². The molecule has 1 aromatic heterocycles. The van der Waals surface area contributed by atoms with E-state index in [1.54, 1.807) is 6.92 Å². The molecule has 1 fully saturated rings. The van der Waals surface area contributed by atoms with E-state index in [1.165, 1.54) is 24.9 Å². The fraction of sp³-hybridized carbons (Fsp3) is 0.567. The monoisotopic (exact) mass is 558 g/mol. The average molecular weight is 559 g/mol. The van der Waals surface area contributed by atoms with Crippen molar-refractivity contribution in [1.29, 1.82) is 0 Å². The third-order valence-electron chi connectivity index (χ3n) is 6.82. The first-order valence-corrected chi connectivity index (χ1v) is 14.3. The summed E-state index contributed by atoms with van der Waals surface area (Å²) in [4.78, 5) is 37.5. The van der Waals surface area contributed by atoms with Gasteiger partial charge in [-0.25, -0.2) is 4.79 Å². The minimum Gasteiger partial charge on any atom is -0.482 e. The number of carbonyl (C=O) groups excluding carboxylic acids is 3. The van der Waals surface area contributed by atoms with Gasteiger partial charge in [0.25, 0.3) is 5.91 Å². The van der Waals surface area contributed by atoms with Crippen LogP contribution in [0.4, 0.5) is 5.69 Å².